The van der Waals surface area contributed by atoms with Crippen molar-refractivity contribution in [2.75, 3.05) is 46.9 Å². The van der Waals surface area contributed by atoms with Gasteiger partial charge in [-0.05, 0) is 37.0 Å². The Morgan fingerprint density at radius 1 is 1.36 bits per heavy atom. The maximum absolute atomic E-state index is 11.9. The van der Waals surface area contributed by atoms with E-state index in [2.05, 4.69) is 51.9 Å². The number of aromatic nitrogens is 1. The summed E-state index contributed by atoms with van der Waals surface area (Å²) in [7, 11) is 3.49. The molecule has 7 nitrogen and oxygen atoms in total. The molecule has 3 N–H and O–H groups in total. The first kappa shape index (κ1) is 20.2. The summed E-state index contributed by atoms with van der Waals surface area (Å²) in [5.74, 6) is 1.16. The zero-order valence-electron chi connectivity index (χ0n) is 17.0. The number of hydrogen-bond donors (Lipinski definition) is 3. The first-order chi connectivity index (χ1) is 13.5. The number of H-pyrrole nitrogens is 1. The molecular weight excluding hydrogens is 354 g/mol. The van der Waals surface area contributed by atoms with Gasteiger partial charge in [-0.25, -0.2) is 4.99 Å². The minimum atomic E-state index is -0.0162. The Balaban J connectivity index is 1.59. The minimum absolute atomic E-state index is 0.0162. The average molecular weight is 386 g/mol. The van der Waals surface area contributed by atoms with Gasteiger partial charge in [0.25, 0.3) is 0 Å². The van der Waals surface area contributed by atoms with Crippen LogP contribution in [0.3, 0.4) is 0 Å². The summed E-state index contributed by atoms with van der Waals surface area (Å²) in [4.78, 5) is 21.3. The lowest BCUT2D eigenvalue weighted by atomic mass is 10.1. The second-order valence-electron chi connectivity index (χ2n) is 7.55. The smallest absolute Gasteiger partial charge is 0.243 e. The molecule has 1 saturated heterocycles. The highest BCUT2D eigenvalue weighted by atomic mass is 16.5. The summed E-state index contributed by atoms with van der Waals surface area (Å²) in [5.41, 5.74) is 3.73. The highest BCUT2D eigenvalue weighted by molar-refractivity contribution is 5.87. The van der Waals surface area contributed by atoms with Crippen LogP contribution >= 0.6 is 0 Å². The Labute approximate surface area is 166 Å². The number of amides is 1. The van der Waals surface area contributed by atoms with Crippen LogP contribution in [0.25, 0.3) is 10.9 Å². The molecule has 1 aliphatic rings. The molecule has 2 heterocycles. The van der Waals surface area contributed by atoms with E-state index in [0.717, 1.165) is 39.1 Å². The minimum Gasteiger partial charge on any atom is -0.381 e. The number of benzene rings is 1. The van der Waals surface area contributed by atoms with E-state index in [-0.39, 0.29) is 12.5 Å². The summed E-state index contributed by atoms with van der Waals surface area (Å²) in [6, 6.07) is 6.31. The quantitative estimate of drug-likeness (QED) is 0.500. The number of guanidine groups is 1. The predicted molar refractivity (Wildman–Crippen MR) is 113 cm³/mol. The van der Waals surface area contributed by atoms with Gasteiger partial charge < -0.3 is 25.3 Å². The molecule has 0 radical (unpaired) electrons. The van der Waals surface area contributed by atoms with E-state index >= 15 is 0 Å². The van der Waals surface area contributed by atoms with Crippen molar-refractivity contribution in [3.8, 4) is 0 Å². The Kier molecular flexibility index (Phi) is 6.92. The van der Waals surface area contributed by atoms with Gasteiger partial charge >= 0.3 is 0 Å². The molecule has 3 rings (SSSR count). The van der Waals surface area contributed by atoms with E-state index in [0.29, 0.717) is 11.9 Å². The van der Waals surface area contributed by atoms with Gasteiger partial charge in [0.05, 0.1) is 6.61 Å². The molecule has 0 spiro atoms. The topological polar surface area (TPSA) is 81.8 Å². The lowest BCUT2D eigenvalue weighted by molar-refractivity contribution is -0.127. The maximum atomic E-state index is 11.9. The molecule has 1 atom stereocenters. The van der Waals surface area contributed by atoms with Crippen LogP contribution in [0.4, 0.5) is 0 Å². The van der Waals surface area contributed by atoms with Crippen molar-refractivity contribution < 1.29 is 9.53 Å². The van der Waals surface area contributed by atoms with Crippen LogP contribution in [0, 0.1) is 12.8 Å². The Bertz CT molecular complexity index is 821. The van der Waals surface area contributed by atoms with Gasteiger partial charge in [-0.15, -0.1) is 0 Å². The van der Waals surface area contributed by atoms with Crippen LogP contribution in [-0.2, 0) is 16.0 Å². The van der Waals surface area contributed by atoms with Gasteiger partial charge in [0.15, 0.2) is 5.96 Å². The van der Waals surface area contributed by atoms with E-state index in [1.165, 1.54) is 22.0 Å². The third-order valence-corrected chi connectivity index (χ3v) is 5.14. The molecule has 0 saturated carbocycles. The molecule has 0 aliphatic carbocycles. The zero-order chi connectivity index (χ0) is 19.9. The first-order valence-corrected chi connectivity index (χ1v) is 9.90. The number of nitrogens with one attached hydrogen (secondary N) is 3. The summed E-state index contributed by atoms with van der Waals surface area (Å²) in [6.45, 7) is 5.42. The number of carbonyl (C=O) groups excluding carboxylic acids is 1. The standard InChI is InChI=1S/C21H31N5O2/c1-15-5-4-6-18-20(15)17(12-23-18)7-9-22-21(25-13-19(27)26(2)3)24-11-16-8-10-28-14-16/h4-6,12,16,23H,7-11,13-14H2,1-3H3,(H2,22,24,25). The number of ether oxygens (including phenoxy) is 1. The van der Waals surface area contributed by atoms with Gasteiger partial charge in [-0.1, -0.05) is 12.1 Å². The second kappa shape index (κ2) is 9.59. The van der Waals surface area contributed by atoms with Crippen LogP contribution in [0.1, 0.15) is 17.5 Å². The van der Waals surface area contributed by atoms with E-state index in [9.17, 15) is 4.79 Å². The highest BCUT2D eigenvalue weighted by Crippen LogP contribution is 2.22. The molecule has 152 valence electrons. The summed E-state index contributed by atoms with van der Waals surface area (Å²) >= 11 is 0. The van der Waals surface area contributed by atoms with Gasteiger partial charge in [0.1, 0.15) is 6.54 Å². The van der Waals surface area contributed by atoms with Crippen LogP contribution in [0.2, 0.25) is 0 Å². The molecule has 28 heavy (non-hydrogen) atoms. The molecule has 1 unspecified atom stereocenters. The monoisotopic (exact) mass is 385 g/mol. The molecule has 7 heteroatoms. The molecule has 1 aliphatic heterocycles. The van der Waals surface area contributed by atoms with Crippen LogP contribution in [0.15, 0.2) is 29.4 Å². The SMILES string of the molecule is Cc1cccc2[nH]cc(CCNC(=NCC(=O)N(C)C)NCC3CCOC3)c12. The molecular formula is C21H31N5O2. The molecule has 1 aromatic heterocycles. The van der Waals surface area contributed by atoms with Crippen LogP contribution in [-0.4, -0.2) is 68.7 Å². The number of carbonyl (C=O) groups is 1. The third kappa shape index (κ3) is 5.25. The fourth-order valence-corrected chi connectivity index (χ4v) is 3.41. The Hall–Kier alpha value is -2.54. The van der Waals surface area contributed by atoms with Crippen molar-refractivity contribution in [2.45, 2.75) is 19.8 Å². The van der Waals surface area contributed by atoms with Crippen molar-refractivity contribution in [3.05, 3.63) is 35.5 Å². The van der Waals surface area contributed by atoms with Gasteiger partial charge in [-0.2, -0.15) is 0 Å². The molecule has 1 amide bonds. The molecule has 1 fully saturated rings. The van der Waals surface area contributed by atoms with Crippen molar-refractivity contribution in [2.24, 2.45) is 10.9 Å². The van der Waals surface area contributed by atoms with Gasteiger partial charge in [0.2, 0.25) is 5.91 Å². The number of aliphatic imine (C=N–C) groups is 1. The van der Waals surface area contributed by atoms with Crippen molar-refractivity contribution in [1.29, 1.82) is 0 Å². The van der Waals surface area contributed by atoms with Crippen LogP contribution < -0.4 is 10.6 Å². The Morgan fingerprint density at radius 2 is 2.21 bits per heavy atom. The summed E-state index contributed by atoms with van der Waals surface area (Å²) < 4.78 is 5.44. The summed E-state index contributed by atoms with van der Waals surface area (Å²) in [6.07, 6.45) is 4.01. The van der Waals surface area contributed by atoms with Crippen molar-refractivity contribution >= 4 is 22.8 Å². The van der Waals surface area contributed by atoms with Gasteiger partial charge in [-0.3, -0.25) is 4.79 Å². The highest BCUT2D eigenvalue weighted by Gasteiger charge is 2.16. The fraction of sp³-hybridized carbons (Fsp3) is 0.524. The number of likely N-dealkylation sites (N-methyl/N-ethyl adjacent to an activating group) is 1. The number of aromatic amines is 1. The van der Waals surface area contributed by atoms with E-state index in [1.54, 1.807) is 19.0 Å². The van der Waals surface area contributed by atoms with E-state index in [4.69, 9.17) is 4.74 Å². The normalized spacial score (nSPS) is 17.1. The average Bonchev–Trinajstić information content (AvgIpc) is 3.33. The second-order valence-corrected chi connectivity index (χ2v) is 7.55. The first-order valence-electron chi connectivity index (χ1n) is 9.90. The molecule has 1 aromatic carbocycles. The van der Waals surface area contributed by atoms with Gasteiger partial charge in [0, 0.05) is 56.8 Å². The van der Waals surface area contributed by atoms with Crippen molar-refractivity contribution in [1.82, 2.24) is 20.5 Å². The largest absolute Gasteiger partial charge is 0.381 e. The van der Waals surface area contributed by atoms with Crippen molar-refractivity contribution in [3.63, 3.8) is 0 Å². The number of nitrogens with zero attached hydrogens (tertiary/aromatic N) is 2. The molecule has 2 aromatic rings. The number of aryl methyl sites for hydroxylation is 1. The van der Waals surface area contributed by atoms with E-state index < -0.39 is 0 Å². The number of rotatable bonds is 7. The molecule has 0 bridgehead atoms. The lowest BCUT2D eigenvalue weighted by Gasteiger charge is -2.16. The third-order valence-electron chi connectivity index (χ3n) is 5.14. The van der Waals surface area contributed by atoms with Crippen LogP contribution in [0.5, 0.6) is 0 Å². The zero-order valence-corrected chi connectivity index (χ0v) is 17.0. The Morgan fingerprint density at radius 3 is 2.96 bits per heavy atom. The number of fused-ring (bicyclic) bond motifs is 1. The van der Waals surface area contributed by atoms with E-state index in [1.807, 2.05) is 0 Å². The fourth-order valence-electron chi connectivity index (χ4n) is 3.41. The predicted octanol–water partition coefficient (Wildman–Crippen LogP) is 1.68. The number of hydrogen-bond acceptors (Lipinski definition) is 3. The maximum Gasteiger partial charge on any atom is 0.243 e. The lowest BCUT2D eigenvalue weighted by Crippen LogP contribution is -2.41. The summed E-state index contributed by atoms with van der Waals surface area (Å²) in [5, 5.41) is 8.03.